The number of ether oxygens (including phenoxy) is 2. The molecule has 0 bridgehead atoms. The first-order valence-electron chi connectivity index (χ1n) is 12.9. The first kappa shape index (κ1) is 27.3. The molecule has 0 saturated carbocycles. The van der Waals surface area contributed by atoms with Gasteiger partial charge in [-0.3, -0.25) is 9.48 Å². The molecular weight excluding hydrogens is 487 g/mol. The molecule has 1 aliphatic heterocycles. The quantitative estimate of drug-likeness (QED) is 0.364. The smallest absolute Gasteiger partial charge is 0.417 e. The number of methoxy groups -OCH3 is 1. The average Bonchev–Trinajstić information content (AvgIpc) is 3.44. The van der Waals surface area contributed by atoms with E-state index in [4.69, 9.17) is 14.5 Å². The molecule has 0 N–H and O–H groups in total. The minimum Gasteiger partial charge on any atom is -0.481 e. The van der Waals surface area contributed by atoms with Gasteiger partial charge in [0.05, 0.1) is 29.9 Å². The predicted octanol–water partition coefficient (Wildman–Crippen LogP) is 6.10. The third kappa shape index (κ3) is 5.42. The van der Waals surface area contributed by atoms with Gasteiger partial charge in [-0.15, -0.1) is 0 Å². The molecule has 3 aromatic rings. The summed E-state index contributed by atoms with van der Waals surface area (Å²) in [6, 6.07) is 7.08. The molecule has 9 heteroatoms. The number of imide groups is 1. The summed E-state index contributed by atoms with van der Waals surface area (Å²) in [5, 5.41) is 4.72. The lowest BCUT2D eigenvalue weighted by Crippen LogP contribution is -2.37. The zero-order valence-electron chi connectivity index (χ0n) is 23.0. The number of hydrogen-bond donors (Lipinski definition) is 0. The van der Waals surface area contributed by atoms with Gasteiger partial charge in [-0.2, -0.15) is 5.10 Å². The number of carbonyl (C=O) groups is 2. The Morgan fingerprint density at radius 2 is 1.97 bits per heavy atom. The number of aryl methyl sites for hydroxylation is 1. The van der Waals surface area contributed by atoms with Crippen LogP contribution in [0.4, 0.5) is 9.18 Å². The van der Waals surface area contributed by atoms with E-state index < -0.39 is 11.7 Å². The van der Waals surface area contributed by atoms with Crippen LogP contribution in [-0.4, -0.2) is 50.9 Å². The zero-order valence-corrected chi connectivity index (χ0v) is 23.0. The van der Waals surface area contributed by atoms with Gasteiger partial charge < -0.3 is 9.47 Å². The highest BCUT2D eigenvalue weighted by Crippen LogP contribution is 2.37. The van der Waals surface area contributed by atoms with Crippen LogP contribution in [0.15, 0.2) is 42.1 Å². The number of nitrogens with zero attached hydrogens (tertiary/aromatic N) is 4. The molecule has 0 aliphatic carbocycles. The highest BCUT2D eigenvalue weighted by Gasteiger charge is 2.35. The van der Waals surface area contributed by atoms with Crippen molar-refractivity contribution in [3.05, 3.63) is 53.5 Å². The highest BCUT2D eigenvalue weighted by atomic mass is 19.1. The van der Waals surface area contributed by atoms with E-state index in [0.717, 1.165) is 10.5 Å². The van der Waals surface area contributed by atoms with Gasteiger partial charge in [0.1, 0.15) is 11.4 Å². The van der Waals surface area contributed by atoms with Crippen LogP contribution in [0.2, 0.25) is 0 Å². The second-order valence-corrected chi connectivity index (χ2v) is 10.8. The fourth-order valence-corrected chi connectivity index (χ4v) is 4.68. The molecule has 2 aromatic heterocycles. The SMILES string of the molecule is CCn1ncc2c(F)cc(-c3ccc(C(/C=C4\CCN(C(=O)OC(C)(C)C)C4=O)C(C)C)c(OC)n3)cc21. The van der Waals surface area contributed by atoms with Crippen molar-refractivity contribution < 1.29 is 23.5 Å². The molecule has 1 saturated heterocycles. The van der Waals surface area contributed by atoms with Crippen LogP contribution in [-0.2, 0) is 16.1 Å². The third-order valence-electron chi connectivity index (χ3n) is 6.59. The van der Waals surface area contributed by atoms with Crippen molar-refractivity contribution in [2.45, 2.75) is 66.0 Å². The summed E-state index contributed by atoms with van der Waals surface area (Å²) >= 11 is 0. The summed E-state index contributed by atoms with van der Waals surface area (Å²) in [7, 11) is 1.54. The van der Waals surface area contributed by atoms with Gasteiger partial charge in [0, 0.05) is 35.7 Å². The van der Waals surface area contributed by atoms with Crippen LogP contribution >= 0.6 is 0 Å². The van der Waals surface area contributed by atoms with Crippen LogP contribution in [0.3, 0.4) is 0 Å². The number of likely N-dealkylation sites (tertiary alicyclic amines) is 1. The standard InChI is InChI=1S/C29H35FN4O4/c1-8-34-25-15-19(14-23(30)22(25)16-31-34)24-10-9-20(26(32-24)37-7)21(17(2)3)13-18-11-12-33(27(18)35)28(36)38-29(4,5)6/h9-10,13-17,21H,8,11-12H2,1-7H3/b18-13+. The number of amides is 2. The number of halogens is 1. The molecule has 4 rings (SSSR count). The molecule has 1 fully saturated rings. The number of rotatable bonds is 6. The molecule has 38 heavy (non-hydrogen) atoms. The maximum absolute atomic E-state index is 14.8. The summed E-state index contributed by atoms with van der Waals surface area (Å²) in [4.78, 5) is 31.4. The topological polar surface area (TPSA) is 86.6 Å². The van der Waals surface area contributed by atoms with Crippen molar-refractivity contribution in [3.8, 4) is 17.1 Å². The summed E-state index contributed by atoms with van der Waals surface area (Å²) in [6.45, 7) is 12.3. The second-order valence-electron chi connectivity index (χ2n) is 10.8. The van der Waals surface area contributed by atoms with Gasteiger partial charge in [-0.1, -0.05) is 26.0 Å². The van der Waals surface area contributed by atoms with E-state index >= 15 is 0 Å². The molecule has 1 atom stereocenters. The monoisotopic (exact) mass is 522 g/mol. The van der Waals surface area contributed by atoms with Crippen molar-refractivity contribution >= 4 is 22.9 Å². The van der Waals surface area contributed by atoms with E-state index in [-0.39, 0.29) is 30.1 Å². The number of fused-ring (bicyclic) bond motifs is 1. The summed E-state index contributed by atoms with van der Waals surface area (Å²) in [5.41, 5.74) is 2.57. The van der Waals surface area contributed by atoms with Gasteiger partial charge in [-0.05, 0) is 58.2 Å². The van der Waals surface area contributed by atoms with Crippen LogP contribution in [0.1, 0.15) is 59.4 Å². The molecule has 1 unspecified atom stereocenters. The maximum Gasteiger partial charge on any atom is 0.417 e. The fraction of sp³-hybridized carbons (Fsp3) is 0.448. The second kappa shape index (κ2) is 10.6. The van der Waals surface area contributed by atoms with E-state index in [1.54, 1.807) is 32.6 Å². The highest BCUT2D eigenvalue weighted by molar-refractivity contribution is 6.04. The Labute approximate surface area is 222 Å². The minimum absolute atomic E-state index is 0.111. The number of aromatic nitrogens is 3. The molecule has 2 amide bonds. The number of carbonyl (C=O) groups excluding carboxylic acids is 2. The minimum atomic E-state index is -0.686. The molecule has 202 valence electrons. The average molecular weight is 523 g/mol. The van der Waals surface area contributed by atoms with E-state index in [9.17, 15) is 14.0 Å². The van der Waals surface area contributed by atoms with Gasteiger partial charge in [0.25, 0.3) is 5.91 Å². The first-order chi connectivity index (χ1) is 17.9. The normalized spacial score (nSPS) is 16.1. The van der Waals surface area contributed by atoms with Gasteiger partial charge in [0.15, 0.2) is 0 Å². The van der Waals surface area contributed by atoms with E-state index in [1.165, 1.54) is 12.3 Å². The number of benzene rings is 1. The Hall–Kier alpha value is -3.75. The lowest BCUT2D eigenvalue weighted by atomic mass is 9.86. The number of allylic oxidation sites excluding steroid dienone is 1. The molecular formula is C29H35FN4O4. The Balaban J connectivity index is 1.67. The molecule has 0 spiro atoms. The Kier molecular flexibility index (Phi) is 7.58. The molecule has 1 aromatic carbocycles. The summed E-state index contributed by atoms with van der Waals surface area (Å²) in [5.74, 6) is -0.382. The van der Waals surface area contributed by atoms with Crippen molar-refractivity contribution in [2.75, 3.05) is 13.7 Å². The van der Waals surface area contributed by atoms with Crippen molar-refractivity contribution in [2.24, 2.45) is 5.92 Å². The lowest BCUT2D eigenvalue weighted by Gasteiger charge is -2.23. The van der Waals surface area contributed by atoms with Crippen LogP contribution in [0.25, 0.3) is 22.2 Å². The van der Waals surface area contributed by atoms with Crippen molar-refractivity contribution in [1.29, 1.82) is 0 Å². The van der Waals surface area contributed by atoms with Crippen LogP contribution in [0, 0.1) is 11.7 Å². The molecule has 0 radical (unpaired) electrons. The van der Waals surface area contributed by atoms with Crippen molar-refractivity contribution in [3.63, 3.8) is 0 Å². The Bertz CT molecular complexity index is 1400. The summed E-state index contributed by atoms with van der Waals surface area (Å²) < 4.78 is 27.6. The van der Waals surface area contributed by atoms with Gasteiger partial charge >= 0.3 is 6.09 Å². The van der Waals surface area contributed by atoms with Gasteiger partial charge in [-0.25, -0.2) is 19.1 Å². The van der Waals surface area contributed by atoms with E-state index in [0.29, 0.717) is 46.6 Å². The fourth-order valence-electron chi connectivity index (χ4n) is 4.68. The Morgan fingerprint density at radius 1 is 1.24 bits per heavy atom. The number of hydrogen-bond acceptors (Lipinski definition) is 6. The van der Waals surface area contributed by atoms with E-state index in [1.807, 2.05) is 31.2 Å². The molecule has 1 aliphatic rings. The van der Waals surface area contributed by atoms with E-state index in [2.05, 4.69) is 18.9 Å². The van der Waals surface area contributed by atoms with Gasteiger partial charge in [0.2, 0.25) is 5.88 Å². The maximum atomic E-state index is 14.8. The molecule has 3 heterocycles. The lowest BCUT2D eigenvalue weighted by molar-refractivity contribution is -0.124. The summed E-state index contributed by atoms with van der Waals surface area (Å²) in [6.07, 6.45) is 3.25. The van der Waals surface area contributed by atoms with Crippen LogP contribution < -0.4 is 4.74 Å². The predicted molar refractivity (Wildman–Crippen MR) is 143 cm³/mol. The van der Waals surface area contributed by atoms with Crippen molar-refractivity contribution in [1.82, 2.24) is 19.7 Å². The largest absolute Gasteiger partial charge is 0.481 e. The third-order valence-corrected chi connectivity index (χ3v) is 6.59. The zero-order chi connectivity index (χ0) is 27.8. The Morgan fingerprint density at radius 3 is 2.61 bits per heavy atom. The first-order valence-corrected chi connectivity index (χ1v) is 12.9. The molecule has 8 nitrogen and oxygen atoms in total. The van der Waals surface area contributed by atoms with Crippen LogP contribution in [0.5, 0.6) is 5.88 Å². The number of pyridine rings is 1.